The summed E-state index contributed by atoms with van der Waals surface area (Å²) in [6.07, 6.45) is 0. The van der Waals surface area contributed by atoms with Crippen LogP contribution in [0.2, 0.25) is 0 Å². The van der Waals surface area contributed by atoms with Gasteiger partial charge in [-0.2, -0.15) is 5.26 Å². The molecule has 0 aromatic heterocycles. The molecule has 0 radical (unpaired) electrons. The number of carbonyl (C=O) groups excluding carboxylic acids is 1. The zero-order valence-electron chi connectivity index (χ0n) is 17.2. The first-order chi connectivity index (χ1) is 15.5. The van der Waals surface area contributed by atoms with Gasteiger partial charge in [0.15, 0.2) is 0 Å². The molecule has 3 aromatic rings. The van der Waals surface area contributed by atoms with Gasteiger partial charge in [0.2, 0.25) is 5.88 Å². The van der Waals surface area contributed by atoms with E-state index in [0.29, 0.717) is 34.8 Å². The molecular formula is C25H19FN2O4. The summed E-state index contributed by atoms with van der Waals surface area (Å²) in [5.74, 6) is -0.549. The first kappa shape index (κ1) is 20.9. The maximum absolute atomic E-state index is 13.8. The Morgan fingerprint density at radius 3 is 2.69 bits per heavy atom. The van der Waals surface area contributed by atoms with Crippen molar-refractivity contribution >= 4 is 5.97 Å². The number of allylic oxidation sites excluding steroid dienone is 1. The number of halogens is 1. The van der Waals surface area contributed by atoms with Crippen molar-refractivity contribution in [1.82, 2.24) is 0 Å². The fourth-order valence-electron chi connectivity index (χ4n) is 3.57. The molecule has 2 N–H and O–H groups in total. The third-order valence-corrected chi connectivity index (χ3v) is 4.96. The molecular weight excluding hydrogens is 411 g/mol. The van der Waals surface area contributed by atoms with E-state index < -0.39 is 17.7 Å². The van der Waals surface area contributed by atoms with E-state index in [9.17, 15) is 14.4 Å². The molecule has 0 aliphatic carbocycles. The van der Waals surface area contributed by atoms with Crippen molar-refractivity contribution in [3.63, 3.8) is 0 Å². The summed E-state index contributed by atoms with van der Waals surface area (Å²) in [5.41, 5.74) is 7.66. The van der Waals surface area contributed by atoms with Gasteiger partial charge in [0.1, 0.15) is 34.7 Å². The monoisotopic (exact) mass is 430 g/mol. The lowest BCUT2D eigenvalue weighted by atomic mass is 9.83. The van der Waals surface area contributed by atoms with Crippen LogP contribution in [0.5, 0.6) is 17.2 Å². The van der Waals surface area contributed by atoms with E-state index in [0.717, 1.165) is 0 Å². The summed E-state index contributed by atoms with van der Waals surface area (Å²) in [6.45, 7) is 2.33. The van der Waals surface area contributed by atoms with E-state index in [4.69, 9.17) is 19.9 Å². The van der Waals surface area contributed by atoms with Crippen molar-refractivity contribution in [2.75, 3.05) is 6.61 Å². The molecule has 0 fully saturated rings. The molecule has 0 amide bonds. The molecule has 1 aliphatic rings. The molecule has 32 heavy (non-hydrogen) atoms. The number of ether oxygens (including phenoxy) is 3. The summed E-state index contributed by atoms with van der Waals surface area (Å²) >= 11 is 0. The predicted octanol–water partition coefficient (Wildman–Crippen LogP) is 4.66. The molecule has 1 aliphatic heterocycles. The van der Waals surface area contributed by atoms with Gasteiger partial charge in [-0.3, -0.25) is 0 Å². The number of nitriles is 1. The molecule has 0 bridgehead atoms. The van der Waals surface area contributed by atoms with Crippen molar-refractivity contribution in [3.05, 3.63) is 101 Å². The van der Waals surface area contributed by atoms with E-state index >= 15 is 0 Å². The van der Waals surface area contributed by atoms with Crippen molar-refractivity contribution in [3.8, 4) is 23.3 Å². The zero-order valence-corrected chi connectivity index (χ0v) is 17.2. The molecule has 0 spiro atoms. The second-order valence-electron chi connectivity index (χ2n) is 7.03. The van der Waals surface area contributed by atoms with Crippen LogP contribution >= 0.6 is 0 Å². The summed E-state index contributed by atoms with van der Waals surface area (Å²) in [5, 5.41) is 9.61. The van der Waals surface area contributed by atoms with Crippen molar-refractivity contribution in [2.45, 2.75) is 12.8 Å². The van der Waals surface area contributed by atoms with Crippen LogP contribution in [0.1, 0.15) is 34.3 Å². The average molecular weight is 430 g/mol. The molecule has 3 aromatic carbocycles. The Labute approximate surface area is 184 Å². The lowest BCUT2D eigenvalue weighted by Crippen LogP contribution is -2.21. The Morgan fingerprint density at radius 2 is 1.94 bits per heavy atom. The molecule has 6 nitrogen and oxygen atoms in total. The minimum Gasteiger partial charge on any atom is -0.494 e. The second kappa shape index (κ2) is 8.82. The van der Waals surface area contributed by atoms with Crippen LogP contribution in [0.3, 0.4) is 0 Å². The van der Waals surface area contributed by atoms with E-state index in [1.807, 2.05) is 6.92 Å². The third-order valence-electron chi connectivity index (χ3n) is 4.96. The maximum atomic E-state index is 13.8. The maximum Gasteiger partial charge on any atom is 0.343 e. The largest absolute Gasteiger partial charge is 0.494 e. The zero-order chi connectivity index (χ0) is 22.7. The first-order valence-corrected chi connectivity index (χ1v) is 9.92. The van der Waals surface area contributed by atoms with E-state index in [2.05, 4.69) is 6.07 Å². The molecule has 1 atom stereocenters. The highest BCUT2D eigenvalue weighted by atomic mass is 19.1. The Kier molecular flexibility index (Phi) is 5.77. The fraction of sp³-hybridized carbons (Fsp3) is 0.120. The van der Waals surface area contributed by atoms with Crippen LogP contribution in [0.15, 0.2) is 78.2 Å². The lowest BCUT2D eigenvalue weighted by Gasteiger charge is -2.26. The Balaban J connectivity index is 1.65. The number of hydrogen-bond donors (Lipinski definition) is 1. The van der Waals surface area contributed by atoms with Crippen LogP contribution in [-0.2, 0) is 0 Å². The quantitative estimate of drug-likeness (QED) is 0.467. The lowest BCUT2D eigenvalue weighted by molar-refractivity contribution is 0.0734. The molecule has 1 unspecified atom stereocenters. The van der Waals surface area contributed by atoms with Crippen LogP contribution in [-0.4, -0.2) is 12.6 Å². The van der Waals surface area contributed by atoms with Gasteiger partial charge in [0, 0.05) is 11.6 Å². The SMILES string of the molecule is CCOc1cccc(C(=O)Oc2ccc3c(c2)OC(N)=C(C#N)C3c2cccc(F)c2)c1. The van der Waals surface area contributed by atoms with Gasteiger partial charge in [-0.15, -0.1) is 0 Å². The van der Waals surface area contributed by atoms with E-state index in [1.165, 1.54) is 18.2 Å². The molecule has 0 saturated carbocycles. The number of rotatable bonds is 5. The van der Waals surface area contributed by atoms with Gasteiger partial charge >= 0.3 is 5.97 Å². The van der Waals surface area contributed by atoms with Crippen LogP contribution < -0.4 is 19.9 Å². The Hall–Kier alpha value is -4.31. The second-order valence-corrected chi connectivity index (χ2v) is 7.03. The smallest absolute Gasteiger partial charge is 0.343 e. The number of esters is 1. The minimum atomic E-state index is -0.605. The van der Waals surface area contributed by atoms with Crippen LogP contribution in [0.25, 0.3) is 0 Å². The third kappa shape index (κ3) is 4.12. The summed E-state index contributed by atoms with van der Waals surface area (Å²) in [7, 11) is 0. The number of hydrogen-bond acceptors (Lipinski definition) is 6. The van der Waals surface area contributed by atoms with Crippen LogP contribution in [0, 0.1) is 17.1 Å². The summed E-state index contributed by atoms with van der Waals surface area (Å²) < 4.78 is 30.4. The predicted molar refractivity (Wildman–Crippen MR) is 115 cm³/mol. The van der Waals surface area contributed by atoms with Gasteiger partial charge in [-0.05, 0) is 48.9 Å². The average Bonchev–Trinajstić information content (AvgIpc) is 2.78. The normalized spacial score (nSPS) is 14.7. The Bertz CT molecular complexity index is 1260. The fourth-order valence-corrected chi connectivity index (χ4v) is 3.57. The topological polar surface area (TPSA) is 94.6 Å². The van der Waals surface area contributed by atoms with Crippen molar-refractivity contribution < 1.29 is 23.4 Å². The van der Waals surface area contributed by atoms with Crippen molar-refractivity contribution in [1.29, 1.82) is 5.26 Å². The van der Waals surface area contributed by atoms with Crippen molar-refractivity contribution in [2.24, 2.45) is 5.73 Å². The van der Waals surface area contributed by atoms with Gasteiger partial charge in [0.25, 0.3) is 0 Å². The van der Waals surface area contributed by atoms with E-state index in [-0.39, 0.29) is 17.2 Å². The molecule has 7 heteroatoms. The van der Waals surface area contributed by atoms with Gasteiger partial charge in [0.05, 0.1) is 18.1 Å². The molecule has 4 rings (SSSR count). The number of fused-ring (bicyclic) bond motifs is 1. The number of nitrogens with zero attached hydrogens (tertiary/aromatic N) is 1. The van der Waals surface area contributed by atoms with Crippen LogP contribution in [0.4, 0.5) is 4.39 Å². The van der Waals surface area contributed by atoms with Gasteiger partial charge in [-0.25, -0.2) is 9.18 Å². The summed E-state index contributed by atoms with van der Waals surface area (Å²) in [4.78, 5) is 12.6. The number of nitrogens with two attached hydrogens (primary N) is 1. The Morgan fingerprint density at radius 1 is 1.12 bits per heavy atom. The number of benzene rings is 3. The number of carbonyl (C=O) groups is 1. The highest BCUT2D eigenvalue weighted by Gasteiger charge is 2.31. The molecule has 160 valence electrons. The highest BCUT2D eigenvalue weighted by molar-refractivity contribution is 5.91. The summed E-state index contributed by atoms with van der Waals surface area (Å²) in [6, 6.07) is 19.5. The first-order valence-electron chi connectivity index (χ1n) is 9.92. The van der Waals surface area contributed by atoms with Gasteiger partial charge in [-0.1, -0.05) is 24.3 Å². The van der Waals surface area contributed by atoms with Gasteiger partial charge < -0.3 is 19.9 Å². The molecule has 0 saturated heterocycles. The van der Waals surface area contributed by atoms with E-state index in [1.54, 1.807) is 48.5 Å². The highest BCUT2D eigenvalue weighted by Crippen LogP contribution is 2.43. The standard InChI is InChI=1S/C25H19FN2O4/c1-2-30-18-8-4-6-16(12-18)25(29)31-19-9-10-20-22(13-19)32-24(28)21(14-27)23(20)15-5-3-7-17(26)11-15/h3-13,23H,2,28H2,1H3. The molecule has 1 heterocycles. The minimum absolute atomic E-state index is 0.0813.